The van der Waals surface area contributed by atoms with Gasteiger partial charge in [0, 0.05) is 23.2 Å². The first-order chi connectivity index (χ1) is 9.79. The van der Waals surface area contributed by atoms with Gasteiger partial charge in [-0.05, 0) is 18.6 Å². The summed E-state index contributed by atoms with van der Waals surface area (Å²) in [5.74, 6) is 0.368. The molecule has 3 aromatic rings. The first-order valence-corrected chi connectivity index (χ1v) is 6.36. The Morgan fingerprint density at radius 3 is 3.00 bits per heavy atom. The quantitative estimate of drug-likeness (QED) is 0.710. The number of nitrogen functional groups attached to an aromatic ring is 1. The third-order valence-corrected chi connectivity index (χ3v) is 3.11. The van der Waals surface area contributed by atoms with E-state index in [2.05, 4.69) is 25.4 Å². The molecule has 0 aliphatic rings. The van der Waals surface area contributed by atoms with E-state index in [1.807, 2.05) is 31.2 Å². The third kappa shape index (κ3) is 2.11. The van der Waals surface area contributed by atoms with E-state index in [1.165, 1.54) is 0 Å². The van der Waals surface area contributed by atoms with Crippen LogP contribution >= 0.6 is 0 Å². The van der Waals surface area contributed by atoms with Gasteiger partial charge in [-0.25, -0.2) is 0 Å². The first-order valence-electron chi connectivity index (χ1n) is 6.36. The van der Waals surface area contributed by atoms with Gasteiger partial charge in [-0.15, -0.1) is 10.2 Å². The summed E-state index contributed by atoms with van der Waals surface area (Å²) in [6, 6.07) is 7.75. The Labute approximate surface area is 115 Å². The Morgan fingerprint density at radius 1 is 1.25 bits per heavy atom. The Morgan fingerprint density at radius 2 is 2.15 bits per heavy atom. The van der Waals surface area contributed by atoms with E-state index in [-0.39, 0.29) is 0 Å². The molecule has 3 rings (SSSR count). The fraction of sp³-hybridized carbons (Fsp3) is 0.143. The van der Waals surface area contributed by atoms with E-state index in [0.29, 0.717) is 11.5 Å². The van der Waals surface area contributed by atoms with E-state index >= 15 is 0 Å². The van der Waals surface area contributed by atoms with Crippen LogP contribution in [-0.4, -0.2) is 15.2 Å². The van der Waals surface area contributed by atoms with Gasteiger partial charge < -0.3 is 5.73 Å². The summed E-state index contributed by atoms with van der Waals surface area (Å²) < 4.78 is 0. The summed E-state index contributed by atoms with van der Waals surface area (Å²) in [6.07, 6.45) is 4.32. The van der Waals surface area contributed by atoms with Crippen LogP contribution in [0.25, 0.3) is 10.8 Å². The van der Waals surface area contributed by atoms with Crippen LogP contribution in [0.15, 0.2) is 46.9 Å². The topological polar surface area (TPSA) is 92.3 Å². The van der Waals surface area contributed by atoms with E-state index in [9.17, 15) is 0 Å². The SMILES string of the molecule is CCc1[nH]nc(N)c1N=Nc1cccc2cnccc12. The Hall–Kier alpha value is -2.76. The van der Waals surface area contributed by atoms with Crippen LogP contribution in [0, 0.1) is 0 Å². The molecule has 100 valence electrons. The van der Waals surface area contributed by atoms with Crippen LogP contribution in [0.3, 0.4) is 0 Å². The van der Waals surface area contributed by atoms with Crippen molar-refractivity contribution >= 4 is 28.0 Å². The molecule has 2 aromatic heterocycles. The number of rotatable bonds is 3. The third-order valence-electron chi connectivity index (χ3n) is 3.11. The molecule has 0 saturated carbocycles. The van der Waals surface area contributed by atoms with Crippen LogP contribution in [0.1, 0.15) is 12.6 Å². The number of aromatic amines is 1. The second-order valence-corrected chi connectivity index (χ2v) is 4.36. The number of fused-ring (bicyclic) bond motifs is 1. The number of nitrogens with zero attached hydrogens (tertiary/aromatic N) is 4. The highest BCUT2D eigenvalue weighted by molar-refractivity contribution is 5.91. The predicted molar refractivity (Wildman–Crippen MR) is 78.3 cm³/mol. The lowest BCUT2D eigenvalue weighted by molar-refractivity contribution is 0.974. The maximum absolute atomic E-state index is 5.79. The summed E-state index contributed by atoms with van der Waals surface area (Å²) >= 11 is 0. The van der Waals surface area contributed by atoms with E-state index in [0.717, 1.165) is 28.6 Å². The molecule has 0 fully saturated rings. The van der Waals surface area contributed by atoms with Gasteiger partial charge >= 0.3 is 0 Å². The van der Waals surface area contributed by atoms with E-state index in [4.69, 9.17) is 5.73 Å². The highest BCUT2D eigenvalue weighted by Crippen LogP contribution is 2.30. The lowest BCUT2D eigenvalue weighted by Crippen LogP contribution is -1.83. The molecule has 0 atom stereocenters. The average Bonchev–Trinajstić information content (AvgIpc) is 2.85. The van der Waals surface area contributed by atoms with Crippen LogP contribution in [0.2, 0.25) is 0 Å². The number of benzene rings is 1. The first kappa shape index (κ1) is 12.3. The number of aryl methyl sites for hydroxylation is 1. The van der Waals surface area contributed by atoms with Crippen molar-refractivity contribution in [3.8, 4) is 0 Å². The molecule has 0 saturated heterocycles. The molecule has 20 heavy (non-hydrogen) atoms. The smallest absolute Gasteiger partial charge is 0.173 e. The van der Waals surface area contributed by atoms with Crippen molar-refractivity contribution in [3.63, 3.8) is 0 Å². The van der Waals surface area contributed by atoms with E-state index in [1.54, 1.807) is 12.4 Å². The standard InChI is InChI=1S/C14H14N6/c1-2-11-13(14(15)20-17-11)19-18-12-5-3-4-9-8-16-7-6-10(9)12/h3-8H,2H2,1H3,(H3,15,17,20). The van der Waals surface area contributed by atoms with Gasteiger partial charge in [-0.3, -0.25) is 10.1 Å². The normalized spacial score (nSPS) is 11.4. The molecule has 1 aromatic carbocycles. The minimum absolute atomic E-state index is 0.368. The molecule has 6 heteroatoms. The van der Waals surface area contributed by atoms with Gasteiger partial charge in [0.25, 0.3) is 0 Å². The number of hydrogen-bond acceptors (Lipinski definition) is 5. The van der Waals surface area contributed by atoms with Gasteiger partial charge in [-0.2, -0.15) is 5.10 Å². The van der Waals surface area contributed by atoms with Crippen LogP contribution < -0.4 is 5.73 Å². The second kappa shape index (κ2) is 5.08. The monoisotopic (exact) mass is 266 g/mol. The zero-order valence-electron chi connectivity index (χ0n) is 11.0. The van der Waals surface area contributed by atoms with Crippen molar-refractivity contribution in [2.75, 3.05) is 5.73 Å². The van der Waals surface area contributed by atoms with Gasteiger partial charge in [0.1, 0.15) is 0 Å². The second-order valence-electron chi connectivity index (χ2n) is 4.36. The number of H-pyrrole nitrogens is 1. The lowest BCUT2D eigenvalue weighted by Gasteiger charge is -2.00. The minimum Gasteiger partial charge on any atom is -0.380 e. The fourth-order valence-corrected chi connectivity index (χ4v) is 2.04. The van der Waals surface area contributed by atoms with Crippen molar-refractivity contribution in [2.24, 2.45) is 10.2 Å². The summed E-state index contributed by atoms with van der Waals surface area (Å²) in [7, 11) is 0. The number of anilines is 1. The maximum Gasteiger partial charge on any atom is 0.173 e. The number of nitrogens with one attached hydrogen (secondary N) is 1. The molecular weight excluding hydrogens is 252 g/mol. The number of hydrogen-bond donors (Lipinski definition) is 2. The molecule has 3 N–H and O–H groups in total. The Balaban J connectivity index is 2.05. The fourth-order valence-electron chi connectivity index (χ4n) is 2.04. The largest absolute Gasteiger partial charge is 0.380 e. The molecular formula is C14H14N6. The lowest BCUT2D eigenvalue weighted by atomic mass is 10.1. The minimum atomic E-state index is 0.368. The average molecular weight is 266 g/mol. The number of aromatic nitrogens is 3. The zero-order chi connectivity index (χ0) is 13.9. The molecule has 0 amide bonds. The van der Waals surface area contributed by atoms with Gasteiger partial charge in [-0.1, -0.05) is 19.1 Å². The van der Waals surface area contributed by atoms with Crippen molar-refractivity contribution in [1.82, 2.24) is 15.2 Å². The summed E-state index contributed by atoms with van der Waals surface area (Å²) in [5, 5.41) is 17.4. The van der Waals surface area contributed by atoms with Gasteiger partial charge in [0.2, 0.25) is 0 Å². The van der Waals surface area contributed by atoms with E-state index < -0.39 is 0 Å². The van der Waals surface area contributed by atoms with Crippen molar-refractivity contribution in [1.29, 1.82) is 0 Å². The number of pyridine rings is 1. The van der Waals surface area contributed by atoms with Crippen molar-refractivity contribution in [3.05, 3.63) is 42.4 Å². The molecule has 0 aliphatic carbocycles. The molecule has 0 bridgehead atoms. The zero-order valence-corrected chi connectivity index (χ0v) is 11.0. The van der Waals surface area contributed by atoms with Crippen LogP contribution in [-0.2, 0) is 6.42 Å². The van der Waals surface area contributed by atoms with Crippen LogP contribution in [0.5, 0.6) is 0 Å². The molecule has 2 heterocycles. The van der Waals surface area contributed by atoms with Crippen molar-refractivity contribution < 1.29 is 0 Å². The predicted octanol–water partition coefficient (Wildman–Crippen LogP) is 3.52. The van der Waals surface area contributed by atoms with Gasteiger partial charge in [0.15, 0.2) is 11.5 Å². The Bertz CT molecular complexity index is 769. The number of nitrogens with two attached hydrogens (primary N) is 1. The molecule has 6 nitrogen and oxygen atoms in total. The molecule has 0 spiro atoms. The number of azo groups is 1. The molecule has 0 aliphatic heterocycles. The van der Waals surface area contributed by atoms with Gasteiger partial charge in [0.05, 0.1) is 11.4 Å². The van der Waals surface area contributed by atoms with Crippen LogP contribution in [0.4, 0.5) is 17.2 Å². The maximum atomic E-state index is 5.79. The highest BCUT2D eigenvalue weighted by atomic mass is 15.2. The summed E-state index contributed by atoms with van der Waals surface area (Å²) in [4.78, 5) is 4.10. The molecule has 0 radical (unpaired) electrons. The summed E-state index contributed by atoms with van der Waals surface area (Å²) in [6.45, 7) is 2.01. The Kier molecular flexibility index (Phi) is 3.12. The summed E-state index contributed by atoms with van der Waals surface area (Å²) in [5.41, 5.74) is 8.06. The van der Waals surface area contributed by atoms with Crippen molar-refractivity contribution in [2.45, 2.75) is 13.3 Å². The highest BCUT2D eigenvalue weighted by Gasteiger charge is 2.08. The molecule has 0 unspecified atom stereocenters.